The molecule has 2 fully saturated rings. The van der Waals surface area contributed by atoms with Crippen molar-refractivity contribution in [1.29, 1.82) is 0 Å². The largest absolute Gasteiger partial charge is 0.497 e. The minimum absolute atomic E-state index is 0. The topological polar surface area (TPSA) is 41.6 Å². The molecule has 0 radical (unpaired) electrons. The van der Waals surface area contributed by atoms with Gasteiger partial charge < -0.3 is 15.0 Å². The maximum absolute atomic E-state index is 13.1. The third-order valence-corrected chi connectivity index (χ3v) is 5.78. The lowest BCUT2D eigenvalue weighted by atomic mass is 9.89. The first-order chi connectivity index (χ1) is 12.7. The summed E-state index contributed by atoms with van der Waals surface area (Å²) in [5.74, 6) is 2.12. The fraction of sp³-hybridized carbons (Fsp3) is 0.409. The lowest BCUT2D eigenvalue weighted by Gasteiger charge is -2.29. The van der Waals surface area contributed by atoms with Gasteiger partial charge >= 0.3 is 0 Å². The van der Waals surface area contributed by atoms with Gasteiger partial charge in [0.25, 0.3) is 0 Å². The minimum atomic E-state index is 0. The summed E-state index contributed by atoms with van der Waals surface area (Å²) in [5, 5.41) is 3.50. The van der Waals surface area contributed by atoms with E-state index in [1.54, 1.807) is 7.11 Å². The van der Waals surface area contributed by atoms with Gasteiger partial charge in [-0.2, -0.15) is 0 Å². The summed E-state index contributed by atoms with van der Waals surface area (Å²) < 4.78 is 5.29. The molecule has 0 spiro atoms. The van der Waals surface area contributed by atoms with Gasteiger partial charge in [0.15, 0.2) is 0 Å². The second kappa shape index (κ2) is 8.32. The lowest BCUT2D eigenvalue weighted by Crippen LogP contribution is -2.35. The Morgan fingerprint density at radius 2 is 1.96 bits per heavy atom. The number of nitrogens with zero attached hydrogens (tertiary/aromatic N) is 1. The van der Waals surface area contributed by atoms with Crippen molar-refractivity contribution in [3.8, 4) is 5.75 Å². The summed E-state index contributed by atoms with van der Waals surface area (Å²) in [7, 11) is 1.68. The molecule has 144 valence electrons. The Morgan fingerprint density at radius 1 is 1.19 bits per heavy atom. The third kappa shape index (κ3) is 3.97. The molecule has 2 aliphatic rings. The van der Waals surface area contributed by atoms with Crippen molar-refractivity contribution in [1.82, 2.24) is 10.2 Å². The highest BCUT2D eigenvalue weighted by atomic mass is 35.5. The van der Waals surface area contributed by atoms with E-state index in [0.717, 1.165) is 30.9 Å². The number of methoxy groups -OCH3 is 1. The number of rotatable bonds is 4. The fourth-order valence-electron chi connectivity index (χ4n) is 4.50. The molecule has 2 aliphatic heterocycles. The van der Waals surface area contributed by atoms with Gasteiger partial charge in [-0.15, -0.1) is 12.4 Å². The molecule has 5 heteroatoms. The normalized spacial score (nSPS) is 23.6. The van der Waals surface area contributed by atoms with Crippen molar-refractivity contribution < 1.29 is 9.53 Å². The van der Waals surface area contributed by atoms with Crippen molar-refractivity contribution in [2.24, 2.45) is 11.8 Å². The number of nitrogens with one attached hydrogen (secondary N) is 1. The van der Waals surface area contributed by atoms with E-state index >= 15 is 0 Å². The molecular formula is C22H27ClN2O2. The van der Waals surface area contributed by atoms with Crippen LogP contribution in [0.5, 0.6) is 5.75 Å². The van der Waals surface area contributed by atoms with Crippen LogP contribution in [-0.4, -0.2) is 37.6 Å². The van der Waals surface area contributed by atoms with E-state index in [1.807, 2.05) is 24.3 Å². The Hall–Kier alpha value is -2.04. The number of benzene rings is 2. The molecule has 0 saturated carbocycles. The summed E-state index contributed by atoms with van der Waals surface area (Å²) in [5.41, 5.74) is 3.50. The van der Waals surface area contributed by atoms with E-state index in [9.17, 15) is 4.79 Å². The monoisotopic (exact) mass is 386 g/mol. The highest BCUT2D eigenvalue weighted by molar-refractivity contribution is 5.85. The van der Waals surface area contributed by atoms with Crippen molar-refractivity contribution in [3.63, 3.8) is 0 Å². The summed E-state index contributed by atoms with van der Waals surface area (Å²) in [4.78, 5) is 15.3. The number of amides is 1. The van der Waals surface area contributed by atoms with Crippen molar-refractivity contribution >= 4 is 18.3 Å². The number of fused-ring (bicyclic) bond motifs is 1. The van der Waals surface area contributed by atoms with Crippen LogP contribution in [-0.2, 0) is 11.2 Å². The predicted octanol–water partition coefficient (Wildman–Crippen LogP) is 3.39. The molecule has 2 aromatic carbocycles. The zero-order chi connectivity index (χ0) is 18.1. The molecule has 2 saturated heterocycles. The number of carbonyl (C=O) groups excluding carboxylic acids is 1. The summed E-state index contributed by atoms with van der Waals surface area (Å²) >= 11 is 0. The van der Waals surface area contributed by atoms with E-state index in [0.29, 0.717) is 18.3 Å². The Balaban J connectivity index is 0.00000210. The number of likely N-dealkylation sites (tertiary alicyclic amines) is 1. The minimum Gasteiger partial charge on any atom is -0.497 e. The Morgan fingerprint density at radius 3 is 2.67 bits per heavy atom. The second-order valence-electron chi connectivity index (χ2n) is 7.51. The lowest BCUT2D eigenvalue weighted by molar-refractivity contribution is -0.131. The SMILES string of the molecule is COc1ccc([C@H]2[C@H]3CNC[C@H]3CN2C(=O)Cc2cccc(C)c2)cc1.Cl. The molecule has 2 heterocycles. The molecule has 27 heavy (non-hydrogen) atoms. The molecule has 1 amide bonds. The summed E-state index contributed by atoms with van der Waals surface area (Å²) in [6, 6.07) is 16.6. The number of carbonyl (C=O) groups is 1. The van der Waals surface area contributed by atoms with Crippen LogP contribution in [0.1, 0.15) is 22.7 Å². The van der Waals surface area contributed by atoms with Gasteiger partial charge in [-0.05, 0) is 36.1 Å². The van der Waals surface area contributed by atoms with Crippen LogP contribution in [0, 0.1) is 18.8 Å². The highest BCUT2D eigenvalue weighted by Crippen LogP contribution is 2.43. The smallest absolute Gasteiger partial charge is 0.227 e. The fourth-order valence-corrected chi connectivity index (χ4v) is 4.50. The quantitative estimate of drug-likeness (QED) is 0.875. The maximum atomic E-state index is 13.1. The van der Waals surface area contributed by atoms with Crippen molar-refractivity contribution in [2.45, 2.75) is 19.4 Å². The first-order valence-electron chi connectivity index (χ1n) is 9.35. The second-order valence-corrected chi connectivity index (χ2v) is 7.51. The molecule has 4 rings (SSSR count). The number of hydrogen-bond acceptors (Lipinski definition) is 3. The van der Waals surface area contributed by atoms with Gasteiger partial charge in [-0.25, -0.2) is 0 Å². The first-order valence-corrected chi connectivity index (χ1v) is 9.35. The van der Waals surface area contributed by atoms with Gasteiger partial charge in [0.1, 0.15) is 5.75 Å². The van der Waals surface area contributed by atoms with Crippen LogP contribution in [0.25, 0.3) is 0 Å². The van der Waals surface area contributed by atoms with Gasteiger partial charge in [0.2, 0.25) is 5.91 Å². The molecule has 1 N–H and O–H groups in total. The predicted molar refractivity (Wildman–Crippen MR) is 109 cm³/mol. The number of aryl methyl sites for hydroxylation is 1. The van der Waals surface area contributed by atoms with Crippen LogP contribution in [0.3, 0.4) is 0 Å². The van der Waals surface area contributed by atoms with Crippen LogP contribution < -0.4 is 10.1 Å². The van der Waals surface area contributed by atoms with Gasteiger partial charge in [0, 0.05) is 25.6 Å². The van der Waals surface area contributed by atoms with E-state index in [1.165, 1.54) is 11.1 Å². The number of ether oxygens (including phenoxy) is 1. The van der Waals surface area contributed by atoms with Crippen molar-refractivity contribution in [3.05, 3.63) is 65.2 Å². The van der Waals surface area contributed by atoms with E-state index in [4.69, 9.17) is 4.74 Å². The van der Waals surface area contributed by atoms with E-state index in [2.05, 4.69) is 41.4 Å². The Labute approximate surface area is 167 Å². The zero-order valence-electron chi connectivity index (χ0n) is 15.9. The highest BCUT2D eigenvalue weighted by Gasteiger charge is 2.46. The zero-order valence-corrected chi connectivity index (χ0v) is 16.7. The molecular weight excluding hydrogens is 360 g/mol. The van der Waals surface area contributed by atoms with Gasteiger partial charge in [-0.1, -0.05) is 42.0 Å². The molecule has 3 atom stereocenters. The molecule has 0 bridgehead atoms. The van der Waals surface area contributed by atoms with E-state index in [-0.39, 0.29) is 24.4 Å². The summed E-state index contributed by atoms with van der Waals surface area (Å²) in [6.45, 7) is 4.90. The summed E-state index contributed by atoms with van der Waals surface area (Å²) in [6.07, 6.45) is 0.473. The average molecular weight is 387 g/mol. The van der Waals surface area contributed by atoms with Crippen molar-refractivity contribution in [2.75, 3.05) is 26.7 Å². The van der Waals surface area contributed by atoms with Crippen LogP contribution >= 0.6 is 12.4 Å². The molecule has 2 aromatic rings. The van der Waals surface area contributed by atoms with Crippen LogP contribution in [0.4, 0.5) is 0 Å². The van der Waals surface area contributed by atoms with Crippen LogP contribution in [0.2, 0.25) is 0 Å². The third-order valence-electron chi connectivity index (χ3n) is 5.78. The molecule has 0 aromatic heterocycles. The Kier molecular flexibility index (Phi) is 6.08. The first kappa shape index (κ1) is 19.7. The van der Waals surface area contributed by atoms with Gasteiger partial charge in [0.05, 0.1) is 19.6 Å². The number of hydrogen-bond donors (Lipinski definition) is 1. The average Bonchev–Trinajstić information content (AvgIpc) is 3.23. The van der Waals surface area contributed by atoms with Gasteiger partial charge in [-0.3, -0.25) is 4.79 Å². The molecule has 0 unspecified atom stereocenters. The molecule has 4 nitrogen and oxygen atoms in total. The maximum Gasteiger partial charge on any atom is 0.227 e. The van der Waals surface area contributed by atoms with Crippen LogP contribution in [0.15, 0.2) is 48.5 Å². The van der Waals surface area contributed by atoms with E-state index < -0.39 is 0 Å². The number of halogens is 1. The molecule has 0 aliphatic carbocycles. The standard InChI is InChI=1S/C22H26N2O2.ClH/c1-15-4-3-5-16(10-15)11-21(25)24-14-18-12-23-13-20(18)22(24)17-6-8-19(26-2)9-7-17;/h3-10,18,20,22-23H,11-14H2,1-2H3;1H/t18-,20-,22-;/m0./s1. The Bertz CT molecular complexity index is 793.